The lowest BCUT2D eigenvalue weighted by Gasteiger charge is -2.26. The highest BCUT2D eigenvalue weighted by Crippen LogP contribution is 2.24. The zero-order valence-electron chi connectivity index (χ0n) is 11.8. The first-order valence-electron chi connectivity index (χ1n) is 7.11. The number of methoxy groups -OCH3 is 1. The number of amides is 1. The van der Waals surface area contributed by atoms with Crippen molar-refractivity contribution in [1.29, 1.82) is 0 Å². The highest BCUT2D eigenvalue weighted by molar-refractivity contribution is 5.95. The summed E-state index contributed by atoms with van der Waals surface area (Å²) in [4.78, 5) is 14.4. The molecule has 0 spiro atoms. The lowest BCUT2D eigenvalue weighted by Crippen LogP contribution is -2.35. The van der Waals surface area contributed by atoms with Crippen molar-refractivity contribution in [2.75, 3.05) is 38.7 Å². The maximum absolute atomic E-state index is 12.5. The molecule has 1 aromatic rings. The Morgan fingerprint density at radius 1 is 1.40 bits per heavy atom. The highest BCUT2D eigenvalue weighted by Gasteiger charge is 2.20. The molecule has 3 rings (SSSR count). The minimum absolute atomic E-state index is 0.120. The lowest BCUT2D eigenvalue weighted by atomic mass is 10.1. The van der Waals surface area contributed by atoms with Crippen LogP contribution in [0.3, 0.4) is 0 Å². The zero-order valence-corrected chi connectivity index (χ0v) is 11.8. The van der Waals surface area contributed by atoms with Gasteiger partial charge in [-0.25, -0.2) is 0 Å². The summed E-state index contributed by atoms with van der Waals surface area (Å²) < 4.78 is 5.13. The molecule has 0 radical (unpaired) electrons. The number of rotatable bonds is 3. The van der Waals surface area contributed by atoms with Gasteiger partial charge in [0.05, 0.1) is 6.61 Å². The van der Waals surface area contributed by atoms with E-state index >= 15 is 0 Å². The third kappa shape index (κ3) is 2.56. The maximum Gasteiger partial charge on any atom is 0.254 e. The van der Waals surface area contributed by atoms with Gasteiger partial charge in [0, 0.05) is 38.0 Å². The molecule has 2 aliphatic rings. The van der Waals surface area contributed by atoms with Gasteiger partial charge in [0.1, 0.15) is 0 Å². The van der Waals surface area contributed by atoms with Gasteiger partial charge in [0.15, 0.2) is 0 Å². The average Bonchev–Trinajstić information content (AvgIpc) is 2.95. The predicted molar refractivity (Wildman–Crippen MR) is 79.1 cm³/mol. The van der Waals surface area contributed by atoms with Crippen molar-refractivity contribution in [3.05, 3.63) is 41.0 Å². The van der Waals surface area contributed by atoms with Gasteiger partial charge in [-0.15, -0.1) is 0 Å². The molecule has 0 aromatic heterocycles. The van der Waals surface area contributed by atoms with Gasteiger partial charge < -0.3 is 15.0 Å². The summed E-state index contributed by atoms with van der Waals surface area (Å²) in [5.41, 5.74) is 4.49. The van der Waals surface area contributed by atoms with E-state index in [1.807, 2.05) is 17.0 Å². The first-order valence-corrected chi connectivity index (χ1v) is 7.11. The Morgan fingerprint density at radius 3 is 3.05 bits per heavy atom. The van der Waals surface area contributed by atoms with Gasteiger partial charge in [0.25, 0.3) is 5.91 Å². The number of carbonyl (C=O) groups is 1. The summed E-state index contributed by atoms with van der Waals surface area (Å²) in [6.07, 6.45) is 4.07. The second kappa shape index (κ2) is 5.67. The van der Waals surface area contributed by atoms with Crippen LogP contribution in [0.2, 0.25) is 0 Å². The summed E-state index contributed by atoms with van der Waals surface area (Å²) >= 11 is 0. The summed E-state index contributed by atoms with van der Waals surface area (Å²) in [6, 6.07) is 6.00. The van der Waals surface area contributed by atoms with Crippen LogP contribution in [0.1, 0.15) is 22.3 Å². The molecule has 106 valence electrons. The van der Waals surface area contributed by atoms with Gasteiger partial charge in [-0.3, -0.25) is 4.79 Å². The number of nitrogens with zero attached hydrogens (tertiary/aromatic N) is 1. The second-order valence-corrected chi connectivity index (χ2v) is 5.35. The minimum Gasteiger partial charge on any atom is -0.384 e. The first kappa shape index (κ1) is 13.2. The first-order chi connectivity index (χ1) is 9.78. The van der Waals surface area contributed by atoms with Crippen molar-refractivity contribution in [1.82, 2.24) is 4.90 Å². The molecule has 0 saturated carbocycles. The Labute approximate surface area is 119 Å². The minimum atomic E-state index is 0.120. The van der Waals surface area contributed by atoms with Crippen LogP contribution in [0.5, 0.6) is 0 Å². The Morgan fingerprint density at radius 2 is 2.30 bits per heavy atom. The highest BCUT2D eigenvalue weighted by atomic mass is 16.5. The fraction of sp³-hybridized carbons (Fsp3) is 0.438. The molecule has 0 atom stereocenters. The van der Waals surface area contributed by atoms with E-state index in [0.717, 1.165) is 37.2 Å². The summed E-state index contributed by atoms with van der Waals surface area (Å²) in [6.45, 7) is 3.10. The molecular formula is C16H20N2O2. The number of fused-ring (bicyclic) bond motifs is 1. The van der Waals surface area contributed by atoms with Crippen molar-refractivity contribution in [2.45, 2.75) is 12.8 Å². The van der Waals surface area contributed by atoms with Crippen LogP contribution >= 0.6 is 0 Å². The second-order valence-electron chi connectivity index (χ2n) is 5.35. The molecule has 0 fully saturated rings. The smallest absolute Gasteiger partial charge is 0.254 e. The Balaban J connectivity index is 1.71. The van der Waals surface area contributed by atoms with Crippen LogP contribution in [0, 0.1) is 0 Å². The molecule has 0 bridgehead atoms. The predicted octanol–water partition coefficient (Wildman–Crippen LogP) is 2.07. The topological polar surface area (TPSA) is 41.6 Å². The summed E-state index contributed by atoms with van der Waals surface area (Å²) in [7, 11) is 1.70. The molecule has 4 nitrogen and oxygen atoms in total. The van der Waals surface area contributed by atoms with E-state index in [0.29, 0.717) is 13.2 Å². The molecular weight excluding hydrogens is 252 g/mol. The number of nitrogens with one attached hydrogen (secondary N) is 1. The Bertz CT molecular complexity index is 551. The molecule has 1 amide bonds. The van der Waals surface area contributed by atoms with Crippen LogP contribution in [-0.4, -0.2) is 44.2 Å². The Kier molecular flexibility index (Phi) is 3.74. The third-order valence-corrected chi connectivity index (χ3v) is 3.99. The summed E-state index contributed by atoms with van der Waals surface area (Å²) in [5, 5.41) is 3.32. The van der Waals surface area contributed by atoms with Crippen molar-refractivity contribution < 1.29 is 9.53 Å². The zero-order chi connectivity index (χ0) is 13.9. The molecule has 0 unspecified atom stereocenters. The van der Waals surface area contributed by atoms with E-state index in [-0.39, 0.29) is 5.91 Å². The van der Waals surface area contributed by atoms with E-state index < -0.39 is 0 Å². The van der Waals surface area contributed by atoms with Gasteiger partial charge in [0.2, 0.25) is 0 Å². The quantitative estimate of drug-likeness (QED) is 0.857. The Hall–Kier alpha value is -1.81. The molecule has 2 aliphatic heterocycles. The van der Waals surface area contributed by atoms with Crippen molar-refractivity contribution in [2.24, 2.45) is 0 Å². The lowest BCUT2D eigenvalue weighted by molar-refractivity contribution is 0.0765. The molecule has 0 aliphatic carbocycles. The van der Waals surface area contributed by atoms with Gasteiger partial charge in [-0.2, -0.15) is 0 Å². The average molecular weight is 272 g/mol. The fourth-order valence-electron chi connectivity index (χ4n) is 2.82. The van der Waals surface area contributed by atoms with E-state index in [2.05, 4.69) is 17.5 Å². The standard InChI is InChI=1S/C16H20N2O2/c1-20-11-12-5-8-18(9-6-12)16(19)14-3-2-13-4-7-17-15(13)10-14/h2-3,5,10,17H,4,6-9,11H2,1H3. The van der Waals surface area contributed by atoms with Crippen LogP contribution < -0.4 is 5.32 Å². The monoisotopic (exact) mass is 272 g/mol. The number of carbonyl (C=O) groups excluding carboxylic acids is 1. The number of benzene rings is 1. The molecule has 1 N–H and O–H groups in total. The van der Waals surface area contributed by atoms with Crippen LogP contribution in [0.4, 0.5) is 5.69 Å². The van der Waals surface area contributed by atoms with Crippen LogP contribution in [-0.2, 0) is 11.2 Å². The molecule has 1 aromatic carbocycles. The normalized spacial score (nSPS) is 17.4. The van der Waals surface area contributed by atoms with E-state index in [4.69, 9.17) is 4.74 Å². The number of hydrogen-bond acceptors (Lipinski definition) is 3. The van der Waals surface area contributed by atoms with Crippen LogP contribution in [0.25, 0.3) is 0 Å². The van der Waals surface area contributed by atoms with Crippen molar-refractivity contribution in [3.63, 3.8) is 0 Å². The largest absolute Gasteiger partial charge is 0.384 e. The third-order valence-electron chi connectivity index (χ3n) is 3.99. The van der Waals surface area contributed by atoms with E-state index in [1.165, 1.54) is 11.1 Å². The van der Waals surface area contributed by atoms with E-state index in [9.17, 15) is 4.79 Å². The van der Waals surface area contributed by atoms with Gasteiger partial charge >= 0.3 is 0 Å². The molecule has 0 saturated heterocycles. The summed E-state index contributed by atoms with van der Waals surface area (Å²) in [5.74, 6) is 0.120. The fourth-order valence-corrected chi connectivity index (χ4v) is 2.82. The van der Waals surface area contributed by atoms with Crippen molar-refractivity contribution >= 4 is 11.6 Å². The van der Waals surface area contributed by atoms with Gasteiger partial charge in [-0.1, -0.05) is 12.1 Å². The molecule has 4 heteroatoms. The van der Waals surface area contributed by atoms with Crippen molar-refractivity contribution in [3.8, 4) is 0 Å². The number of anilines is 1. The van der Waals surface area contributed by atoms with Gasteiger partial charge in [-0.05, 0) is 36.1 Å². The maximum atomic E-state index is 12.5. The van der Waals surface area contributed by atoms with Crippen LogP contribution in [0.15, 0.2) is 29.8 Å². The number of ether oxygens (including phenoxy) is 1. The molecule has 20 heavy (non-hydrogen) atoms. The SMILES string of the molecule is COCC1=CCN(C(=O)c2ccc3c(c2)NCC3)CC1. The van der Waals surface area contributed by atoms with E-state index in [1.54, 1.807) is 7.11 Å². The number of hydrogen-bond donors (Lipinski definition) is 1. The molecule has 2 heterocycles.